The van der Waals surface area contributed by atoms with Crippen LogP contribution >= 0.6 is 0 Å². The van der Waals surface area contributed by atoms with Gasteiger partial charge in [0.2, 0.25) is 0 Å². The van der Waals surface area contributed by atoms with Crippen molar-refractivity contribution in [2.75, 3.05) is 37.1 Å². The Hall–Kier alpha value is -3.82. The fourth-order valence-corrected chi connectivity index (χ4v) is 4.72. The molecule has 2 aromatic rings. The molecule has 2 amide bonds. The number of hydrogen-bond donors (Lipinski definition) is 0. The zero-order valence-corrected chi connectivity index (χ0v) is 22.6. The van der Waals surface area contributed by atoms with Crippen LogP contribution in [0.15, 0.2) is 31.1 Å². The van der Waals surface area contributed by atoms with E-state index in [1.54, 1.807) is 30.1 Å². The van der Waals surface area contributed by atoms with Crippen LogP contribution in [0.3, 0.4) is 0 Å². The molecule has 0 bridgehead atoms. The molecule has 3 heterocycles. The van der Waals surface area contributed by atoms with Crippen LogP contribution in [0, 0.1) is 0 Å². The maximum Gasteiger partial charge on any atom is 0.410 e. The summed E-state index contributed by atoms with van der Waals surface area (Å²) < 4.78 is 16.4. The molecule has 1 saturated heterocycles. The molecule has 2 aliphatic rings. The summed E-state index contributed by atoms with van der Waals surface area (Å²) in [7, 11) is 3.17. The first-order chi connectivity index (χ1) is 17.4. The first-order valence-corrected chi connectivity index (χ1v) is 12.3. The molecule has 0 spiro atoms. The molecule has 1 fully saturated rings. The molecule has 1 aromatic heterocycles. The normalized spacial score (nSPS) is 19.7. The third kappa shape index (κ3) is 5.05. The molecule has 10 nitrogen and oxygen atoms in total. The molecule has 0 radical (unpaired) electrons. The quantitative estimate of drug-likeness (QED) is 0.560. The van der Waals surface area contributed by atoms with Gasteiger partial charge in [0.05, 0.1) is 26.3 Å². The molecule has 198 valence electrons. The predicted octanol–water partition coefficient (Wildman–Crippen LogP) is 3.89. The standard InChI is InChI=1S/C27H35N5O5/c1-16-13-31(26(34)37-27(4,5)6)17(2)12-30(16)23-22-18(3)25(33)32(24(22)29-15-28-23)14-19-9-10-20(35-7)11-21(19)36-8/h9-11,15-17H,3,12-14H2,1-2,4-8H3/t16-,17+/m0/s1. The summed E-state index contributed by atoms with van der Waals surface area (Å²) in [5, 5.41) is 0. The van der Waals surface area contributed by atoms with Crippen molar-refractivity contribution in [1.82, 2.24) is 14.9 Å². The third-order valence-electron chi connectivity index (χ3n) is 6.58. The summed E-state index contributed by atoms with van der Waals surface area (Å²) >= 11 is 0. The third-order valence-corrected chi connectivity index (χ3v) is 6.58. The van der Waals surface area contributed by atoms with Gasteiger partial charge >= 0.3 is 6.09 Å². The number of methoxy groups -OCH3 is 2. The van der Waals surface area contributed by atoms with E-state index in [9.17, 15) is 9.59 Å². The summed E-state index contributed by atoms with van der Waals surface area (Å²) in [6, 6.07) is 5.29. The van der Waals surface area contributed by atoms with E-state index in [1.807, 2.05) is 46.8 Å². The molecule has 0 saturated carbocycles. The number of piperazine rings is 1. The van der Waals surface area contributed by atoms with Gasteiger partial charge in [0, 0.05) is 42.4 Å². The lowest BCUT2D eigenvalue weighted by molar-refractivity contribution is -0.113. The fourth-order valence-electron chi connectivity index (χ4n) is 4.72. The number of nitrogens with zero attached hydrogens (tertiary/aromatic N) is 5. The number of carbonyl (C=O) groups is 2. The Morgan fingerprint density at radius 2 is 1.78 bits per heavy atom. The van der Waals surface area contributed by atoms with Crippen LogP contribution in [0.1, 0.15) is 45.7 Å². The van der Waals surface area contributed by atoms with Gasteiger partial charge in [-0.25, -0.2) is 14.8 Å². The molecule has 37 heavy (non-hydrogen) atoms. The Balaban J connectivity index is 1.62. The molecule has 0 aliphatic carbocycles. The van der Waals surface area contributed by atoms with Gasteiger partial charge in [0.1, 0.15) is 35.1 Å². The van der Waals surface area contributed by atoms with E-state index in [-0.39, 0.29) is 30.6 Å². The highest BCUT2D eigenvalue weighted by atomic mass is 16.6. The number of benzene rings is 1. The second kappa shape index (κ2) is 9.91. The number of rotatable bonds is 5. The van der Waals surface area contributed by atoms with Crippen LogP contribution < -0.4 is 19.3 Å². The Labute approximate surface area is 217 Å². The molecule has 0 unspecified atom stereocenters. The summed E-state index contributed by atoms with van der Waals surface area (Å²) in [6.07, 6.45) is 1.13. The summed E-state index contributed by atoms with van der Waals surface area (Å²) in [5.41, 5.74) is 1.20. The van der Waals surface area contributed by atoms with Crippen LogP contribution in [-0.4, -0.2) is 71.9 Å². The molecular weight excluding hydrogens is 474 g/mol. The molecule has 10 heteroatoms. The van der Waals surface area contributed by atoms with E-state index >= 15 is 0 Å². The Morgan fingerprint density at radius 3 is 2.43 bits per heavy atom. The maximum atomic E-state index is 13.3. The van der Waals surface area contributed by atoms with Crippen LogP contribution in [0.2, 0.25) is 0 Å². The van der Waals surface area contributed by atoms with Crippen molar-refractivity contribution in [2.24, 2.45) is 0 Å². The Kier molecular flexibility index (Phi) is 7.03. The number of carbonyl (C=O) groups excluding carboxylic acids is 2. The number of anilines is 2. The molecule has 2 aliphatic heterocycles. The highest BCUT2D eigenvalue weighted by Crippen LogP contribution is 2.42. The molecule has 1 aromatic carbocycles. The SMILES string of the molecule is C=C1C(=O)N(Cc2ccc(OC)cc2OC)c2ncnc(N3C[C@@H](C)N(C(=O)OC(C)(C)C)C[C@@H]3C)c21. The van der Waals surface area contributed by atoms with Crippen LogP contribution in [0.25, 0.3) is 5.57 Å². The van der Waals surface area contributed by atoms with E-state index in [0.717, 1.165) is 5.56 Å². The van der Waals surface area contributed by atoms with Crippen molar-refractivity contribution in [1.29, 1.82) is 0 Å². The lowest BCUT2D eigenvalue weighted by Crippen LogP contribution is -2.59. The number of ether oxygens (including phenoxy) is 3. The minimum atomic E-state index is -0.571. The van der Waals surface area contributed by atoms with Gasteiger partial charge in [0.25, 0.3) is 5.91 Å². The summed E-state index contributed by atoms with van der Waals surface area (Å²) in [5.74, 6) is 2.18. The van der Waals surface area contributed by atoms with Gasteiger partial charge in [-0.2, -0.15) is 0 Å². The summed E-state index contributed by atoms with van der Waals surface area (Å²) in [6.45, 7) is 14.9. The Bertz CT molecular complexity index is 1220. The number of amides is 2. The average molecular weight is 510 g/mol. The van der Waals surface area contributed by atoms with E-state index in [4.69, 9.17) is 14.2 Å². The average Bonchev–Trinajstić information content (AvgIpc) is 3.09. The smallest absolute Gasteiger partial charge is 0.410 e. The zero-order chi connectivity index (χ0) is 27.1. The van der Waals surface area contributed by atoms with E-state index in [0.29, 0.717) is 47.4 Å². The van der Waals surface area contributed by atoms with Crippen LogP contribution in [0.4, 0.5) is 16.4 Å². The number of aromatic nitrogens is 2. The second-order valence-corrected chi connectivity index (χ2v) is 10.4. The topological polar surface area (TPSA) is 97.3 Å². The highest BCUT2D eigenvalue weighted by Gasteiger charge is 2.41. The van der Waals surface area contributed by atoms with Gasteiger partial charge in [-0.3, -0.25) is 9.69 Å². The first kappa shape index (κ1) is 26.2. The van der Waals surface area contributed by atoms with E-state index < -0.39 is 5.60 Å². The second-order valence-electron chi connectivity index (χ2n) is 10.4. The maximum absolute atomic E-state index is 13.3. The van der Waals surface area contributed by atoms with Gasteiger partial charge in [-0.15, -0.1) is 0 Å². The number of fused-ring (bicyclic) bond motifs is 1. The van der Waals surface area contributed by atoms with Gasteiger partial charge < -0.3 is 24.0 Å². The van der Waals surface area contributed by atoms with Crippen molar-refractivity contribution >= 4 is 29.2 Å². The molecule has 0 N–H and O–H groups in total. The molecule has 2 atom stereocenters. The minimum absolute atomic E-state index is 0.0682. The fraction of sp³-hybridized carbons (Fsp3) is 0.481. The molecular formula is C27H35N5O5. The van der Waals surface area contributed by atoms with E-state index in [2.05, 4.69) is 21.4 Å². The van der Waals surface area contributed by atoms with Crippen LogP contribution in [-0.2, 0) is 16.1 Å². The number of hydrogen-bond acceptors (Lipinski definition) is 8. The van der Waals surface area contributed by atoms with Crippen molar-refractivity contribution in [2.45, 2.75) is 58.8 Å². The monoisotopic (exact) mass is 509 g/mol. The van der Waals surface area contributed by atoms with Crippen molar-refractivity contribution in [3.05, 3.63) is 42.2 Å². The molecule has 4 rings (SSSR count). The van der Waals surface area contributed by atoms with E-state index in [1.165, 1.54) is 6.33 Å². The first-order valence-electron chi connectivity index (χ1n) is 12.3. The van der Waals surface area contributed by atoms with Crippen molar-refractivity contribution in [3.8, 4) is 11.5 Å². The minimum Gasteiger partial charge on any atom is -0.497 e. The van der Waals surface area contributed by atoms with Crippen molar-refractivity contribution in [3.63, 3.8) is 0 Å². The summed E-state index contributed by atoms with van der Waals surface area (Å²) in [4.78, 5) is 40.6. The van der Waals surface area contributed by atoms with Crippen LogP contribution in [0.5, 0.6) is 11.5 Å². The zero-order valence-electron chi connectivity index (χ0n) is 22.6. The lowest BCUT2D eigenvalue weighted by atomic mass is 10.1. The lowest BCUT2D eigenvalue weighted by Gasteiger charge is -2.45. The Morgan fingerprint density at radius 1 is 1.08 bits per heavy atom. The van der Waals surface area contributed by atoms with Gasteiger partial charge in [0.15, 0.2) is 0 Å². The largest absolute Gasteiger partial charge is 0.497 e. The van der Waals surface area contributed by atoms with Gasteiger partial charge in [-0.1, -0.05) is 6.58 Å². The van der Waals surface area contributed by atoms with Gasteiger partial charge in [-0.05, 0) is 46.8 Å². The highest BCUT2D eigenvalue weighted by molar-refractivity contribution is 6.32. The predicted molar refractivity (Wildman–Crippen MR) is 141 cm³/mol. The van der Waals surface area contributed by atoms with Crippen molar-refractivity contribution < 1.29 is 23.8 Å².